The third kappa shape index (κ3) is 2.84. The summed E-state index contributed by atoms with van der Waals surface area (Å²) >= 11 is 1.44. The molecule has 0 saturated carbocycles. The largest absolute Gasteiger partial charge is 0.479 e. The predicted octanol–water partition coefficient (Wildman–Crippen LogP) is 3.22. The van der Waals surface area contributed by atoms with Gasteiger partial charge in [-0.25, -0.2) is 0 Å². The van der Waals surface area contributed by atoms with E-state index in [4.69, 9.17) is 10.5 Å². The van der Waals surface area contributed by atoms with Crippen molar-refractivity contribution in [2.45, 2.75) is 32.3 Å². The maximum atomic E-state index is 12.6. The van der Waals surface area contributed by atoms with Gasteiger partial charge in [0.15, 0.2) is 6.10 Å². The second kappa shape index (κ2) is 6.49. The molecule has 3 aromatic rings. The number of H-pyrrole nitrogens is 1. The first-order chi connectivity index (χ1) is 12.5. The topological polar surface area (TPSA) is 97.2 Å². The maximum Gasteiger partial charge on any atom is 0.265 e. The summed E-state index contributed by atoms with van der Waals surface area (Å²) in [5.74, 6) is -0.186. The SMILES string of the molecule is CC(Oc1c[nH]c2ccccc12)C(=O)Nc1sc2c(c1C(N)=O)CCC2. The van der Waals surface area contributed by atoms with Crippen molar-refractivity contribution in [2.24, 2.45) is 5.73 Å². The van der Waals surface area contributed by atoms with Gasteiger partial charge in [-0.15, -0.1) is 11.3 Å². The van der Waals surface area contributed by atoms with Crippen molar-refractivity contribution in [1.29, 1.82) is 0 Å². The molecule has 1 aliphatic carbocycles. The molecule has 2 amide bonds. The highest BCUT2D eigenvalue weighted by molar-refractivity contribution is 7.17. The van der Waals surface area contributed by atoms with Crippen molar-refractivity contribution < 1.29 is 14.3 Å². The molecular weight excluding hydrogens is 350 g/mol. The second-order valence-electron chi connectivity index (χ2n) is 6.37. The number of anilines is 1. The number of fused-ring (bicyclic) bond motifs is 2. The number of primary amides is 1. The lowest BCUT2D eigenvalue weighted by atomic mass is 10.1. The van der Waals surface area contributed by atoms with Crippen molar-refractivity contribution in [2.75, 3.05) is 5.32 Å². The highest BCUT2D eigenvalue weighted by Gasteiger charge is 2.27. The van der Waals surface area contributed by atoms with E-state index in [9.17, 15) is 9.59 Å². The second-order valence-corrected chi connectivity index (χ2v) is 7.48. The summed E-state index contributed by atoms with van der Waals surface area (Å²) in [5.41, 5.74) is 7.92. The van der Waals surface area contributed by atoms with Crippen LogP contribution in [0.2, 0.25) is 0 Å². The number of thiophene rings is 1. The number of aryl methyl sites for hydroxylation is 1. The van der Waals surface area contributed by atoms with Crippen molar-refractivity contribution in [3.8, 4) is 5.75 Å². The molecule has 7 heteroatoms. The van der Waals surface area contributed by atoms with Crippen LogP contribution in [0.3, 0.4) is 0 Å². The normalized spacial score (nSPS) is 14.2. The monoisotopic (exact) mass is 369 g/mol. The summed E-state index contributed by atoms with van der Waals surface area (Å²) in [6, 6.07) is 7.72. The molecule has 1 atom stereocenters. The van der Waals surface area contributed by atoms with Gasteiger partial charge in [-0.3, -0.25) is 9.59 Å². The first-order valence-electron chi connectivity index (χ1n) is 8.52. The molecule has 0 fully saturated rings. The van der Waals surface area contributed by atoms with Crippen LogP contribution < -0.4 is 15.8 Å². The van der Waals surface area contributed by atoms with Gasteiger partial charge >= 0.3 is 0 Å². The molecule has 26 heavy (non-hydrogen) atoms. The van der Waals surface area contributed by atoms with Crippen LogP contribution in [0.4, 0.5) is 5.00 Å². The number of aromatic amines is 1. The Bertz CT molecular complexity index is 1000. The fourth-order valence-electron chi connectivity index (χ4n) is 3.35. The average Bonchev–Trinajstić information content (AvgIpc) is 3.29. The molecule has 1 aliphatic rings. The molecule has 0 saturated heterocycles. The van der Waals surface area contributed by atoms with E-state index in [0.717, 1.165) is 40.6 Å². The molecule has 2 heterocycles. The van der Waals surface area contributed by atoms with Gasteiger partial charge < -0.3 is 20.8 Å². The number of ether oxygens (including phenoxy) is 1. The van der Waals surface area contributed by atoms with Gasteiger partial charge in [0, 0.05) is 22.0 Å². The summed E-state index contributed by atoms with van der Waals surface area (Å²) in [6.07, 6.45) is 3.81. The number of rotatable bonds is 5. The minimum atomic E-state index is -0.716. The number of para-hydroxylation sites is 1. The molecule has 6 nitrogen and oxygen atoms in total. The lowest BCUT2D eigenvalue weighted by molar-refractivity contribution is -0.121. The smallest absolute Gasteiger partial charge is 0.265 e. The molecule has 0 aliphatic heterocycles. The van der Waals surface area contributed by atoms with Gasteiger partial charge in [-0.1, -0.05) is 12.1 Å². The molecule has 134 valence electrons. The zero-order valence-electron chi connectivity index (χ0n) is 14.3. The fourth-order valence-corrected chi connectivity index (χ4v) is 4.65. The lowest BCUT2D eigenvalue weighted by Gasteiger charge is -2.14. The van der Waals surface area contributed by atoms with Gasteiger partial charge in [0.2, 0.25) is 0 Å². The number of aromatic nitrogens is 1. The number of carbonyl (C=O) groups is 2. The van der Waals surface area contributed by atoms with E-state index < -0.39 is 12.0 Å². The Balaban J connectivity index is 1.52. The van der Waals surface area contributed by atoms with Crippen LogP contribution in [0.1, 0.15) is 34.1 Å². The maximum absolute atomic E-state index is 12.6. The molecule has 2 aromatic heterocycles. The van der Waals surface area contributed by atoms with Gasteiger partial charge in [0.05, 0.1) is 5.56 Å². The number of amides is 2. The Morgan fingerprint density at radius 2 is 2.12 bits per heavy atom. The van der Waals surface area contributed by atoms with Crippen LogP contribution in [0.5, 0.6) is 5.75 Å². The minimum absolute atomic E-state index is 0.308. The van der Waals surface area contributed by atoms with Gasteiger partial charge in [0.25, 0.3) is 11.8 Å². The average molecular weight is 369 g/mol. The van der Waals surface area contributed by atoms with Gasteiger partial charge in [-0.05, 0) is 43.9 Å². The quantitative estimate of drug-likeness (QED) is 0.644. The highest BCUT2D eigenvalue weighted by atomic mass is 32.1. The Labute approximate surface area is 154 Å². The number of benzene rings is 1. The van der Waals surface area contributed by atoms with E-state index in [2.05, 4.69) is 10.3 Å². The molecular formula is C19H19N3O3S. The number of nitrogens with one attached hydrogen (secondary N) is 2. The van der Waals surface area contributed by atoms with Crippen molar-refractivity contribution in [3.63, 3.8) is 0 Å². The third-order valence-corrected chi connectivity index (χ3v) is 5.84. The van der Waals surface area contributed by atoms with Crippen LogP contribution in [0.15, 0.2) is 30.5 Å². The molecule has 0 spiro atoms. The van der Waals surface area contributed by atoms with E-state index in [1.165, 1.54) is 11.3 Å². The van der Waals surface area contributed by atoms with Crippen LogP contribution in [0.25, 0.3) is 10.9 Å². The van der Waals surface area contributed by atoms with Gasteiger partial charge in [-0.2, -0.15) is 0 Å². The van der Waals surface area contributed by atoms with Crippen molar-refractivity contribution in [3.05, 3.63) is 46.5 Å². The Hall–Kier alpha value is -2.80. The lowest BCUT2D eigenvalue weighted by Crippen LogP contribution is -2.30. The number of nitrogens with two attached hydrogens (primary N) is 1. The van der Waals surface area contributed by atoms with Crippen LogP contribution >= 0.6 is 11.3 Å². The number of hydrogen-bond acceptors (Lipinski definition) is 4. The molecule has 0 radical (unpaired) electrons. The first kappa shape index (κ1) is 16.7. The van der Waals surface area contributed by atoms with E-state index in [-0.39, 0.29) is 5.91 Å². The summed E-state index contributed by atoms with van der Waals surface area (Å²) in [4.78, 5) is 28.7. The summed E-state index contributed by atoms with van der Waals surface area (Å²) in [5, 5.41) is 4.27. The molecule has 4 rings (SSSR count). The van der Waals surface area contributed by atoms with E-state index in [1.807, 2.05) is 24.3 Å². The van der Waals surface area contributed by atoms with E-state index in [0.29, 0.717) is 16.3 Å². The summed E-state index contributed by atoms with van der Waals surface area (Å²) in [6.45, 7) is 1.68. The minimum Gasteiger partial charge on any atom is -0.479 e. The van der Waals surface area contributed by atoms with Crippen molar-refractivity contribution >= 4 is 39.1 Å². The van der Waals surface area contributed by atoms with Crippen LogP contribution in [-0.2, 0) is 17.6 Å². The fraction of sp³-hybridized carbons (Fsp3) is 0.263. The molecule has 0 bridgehead atoms. The zero-order valence-corrected chi connectivity index (χ0v) is 15.1. The van der Waals surface area contributed by atoms with E-state index in [1.54, 1.807) is 13.1 Å². The van der Waals surface area contributed by atoms with Crippen molar-refractivity contribution in [1.82, 2.24) is 4.98 Å². The number of hydrogen-bond donors (Lipinski definition) is 3. The zero-order chi connectivity index (χ0) is 18.3. The number of carbonyl (C=O) groups excluding carboxylic acids is 2. The van der Waals surface area contributed by atoms with Gasteiger partial charge in [0.1, 0.15) is 10.8 Å². The molecule has 4 N–H and O–H groups in total. The first-order valence-corrected chi connectivity index (χ1v) is 9.34. The molecule has 1 unspecified atom stereocenters. The molecule has 1 aromatic carbocycles. The third-order valence-electron chi connectivity index (χ3n) is 4.63. The van der Waals surface area contributed by atoms with Crippen LogP contribution in [0, 0.1) is 0 Å². The predicted molar refractivity (Wildman–Crippen MR) is 102 cm³/mol. The standard InChI is InChI=1S/C19H19N3O3S/c1-10(25-14-9-21-13-7-3-2-5-11(13)14)18(24)22-19-16(17(20)23)12-6-4-8-15(12)26-19/h2-3,5,7,9-10,21H,4,6,8H2,1H3,(H2,20,23)(H,22,24). The highest BCUT2D eigenvalue weighted by Crippen LogP contribution is 2.39. The Kier molecular flexibility index (Phi) is 4.16. The summed E-state index contributed by atoms with van der Waals surface area (Å²) in [7, 11) is 0. The Morgan fingerprint density at radius 3 is 2.92 bits per heavy atom. The Morgan fingerprint density at radius 1 is 1.31 bits per heavy atom. The van der Waals surface area contributed by atoms with E-state index >= 15 is 0 Å². The van der Waals surface area contributed by atoms with Crippen LogP contribution in [-0.4, -0.2) is 22.9 Å². The summed E-state index contributed by atoms with van der Waals surface area (Å²) < 4.78 is 5.82.